The average Bonchev–Trinajstić information content (AvgIpc) is 2.97. The Balaban J connectivity index is 1.87. The number of imide groups is 1. The third-order valence-corrected chi connectivity index (χ3v) is 4.07. The number of ether oxygens (including phenoxy) is 2. The fourth-order valence-electron chi connectivity index (χ4n) is 2.52. The molecule has 1 aliphatic rings. The Morgan fingerprint density at radius 2 is 2.00 bits per heavy atom. The molecule has 0 aliphatic carbocycles. The molecule has 1 heterocycles. The third-order valence-electron chi connectivity index (χ3n) is 3.79. The Hall–Kier alpha value is -3.50. The number of nitriles is 1. The first kappa shape index (κ1) is 18.3. The highest BCUT2D eigenvalue weighted by molar-refractivity contribution is 6.32. The van der Waals surface area contributed by atoms with Gasteiger partial charge in [0.15, 0.2) is 11.5 Å². The number of hydrogen-bond acceptors (Lipinski definition) is 5. The summed E-state index contributed by atoms with van der Waals surface area (Å²) in [5.41, 5.74) is 1.88. The molecule has 1 saturated heterocycles. The minimum atomic E-state index is -0.583. The number of nitrogens with zero attached hydrogens (tertiary/aromatic N) is 1. The summed E-state index contributed by atoms with van der Waals surface area (Å²) in [6.07, 6.45) is 1.48. The topological polar surface area (TPSA) is 100 Å². The number of halogens is 1. The van der Waals surface area contributed by atoms with Crippen molar-refractivity contribution in [3.8, 4) is 17.6 Å². The number of urea groups is 1. The van der Waals surface area contributed by atoms with Crippen molar-refractivity contribution in [2.75, 3.05) is 7.11 Å². The summed E-state index contributed by atoms with van der Waals surface area (Å²) in [5, 5.41) is 13.9. The van der Waals surface area contributed by atoms with E-state index in [1.807, 2.05) is 6.07 Å². The van der Waals surface area contributed by atoms with Crippen molar-refractivity contribution in [3.63, 3.8) is 0 Å². The number of amides is 3. The van der Waals surface area contributed by atoms with Crippen molar-refractivity contribution in [2.45, 2.75) is 6.61 Å². The number of carbonyl (C=O) groups excluding carboxylic acids is 2. The second kappa shape index (κ2) is 7.81. The van der Waals surface area contributed by atoms with Gasteiger partial charge >= 0.3 is 6.03 Å². The minimum Gasteiger partial charge on any atom is -0.493 e. The lowest BCUT2D eigenvalue weighted by molar-refractivity contribution is -0.115. The molecule has 0 bridgehead atoms. The van der Waals surface area contributed by atoms with Gasteiger partial charge in [0.25, 0.3) is 5.91 Å². The van der Waals surface area contributed by atoms with Gasteiger partial charge in [-0.25, -0.2) is 4.79 Å². The van der Waals surface area contributed by atoms with E-state index in [9.17, 15) is 9.59 Å². The van der Waals surface area contributed by atoms with Crippen LogP contribution in [-0.4, -0.2) is 19.0 Å². The standard InChI is InChI=1S/C19H14ClN3O4/c1-26-16-8-11(7-15-18(24)23-19(25)22-15)6-14(20)17(16)27-10-13-5-3-2-4-12(13)9-21/h2-8H,10H2,1H3,(H2,22,23,24,25)/b15-7+. The van der Waals surface area contributed by atoms with E-state index in [1.54, 1.807) is 30.3 Å². The molecule has 3 amide bonds. The summed E-state index contributed by atoms with van der Waals surface area (Å²) in [6.45, 7) is 0.138. The molecule has 2 aromatic carbocycles. The lowest BCUT2D eigenvalue weighted by atomic mass is 10.1. The van der Waals surface area contributed by atoms with Gasteiger partial charge in [0.05, 0.1) is 23.8 Å². The van der Waals surface area contributed by atoms with Crippen molar-refractivity contribution in [1.82, 2.24) is 10.6 Å². The van der Waals surface area contributed by atoms with Gasteiger partial charge in [0.1, 0.15) is 12.3 Å². The number of rotatable bonds is 5. The van der Waals surface area contributed by atoms with Crippen LogP contribution in [0.1, 0.15) is 16.7 Å². The molecule has 2 aromatic rings. The van der Waals surface area contributed by atoms with Gasteiger partial charge in [0, 0.05) is 5.56 Å². The molecule has 8 heteroatoms. The van der Waals surface area contributed by atoms with E-state index >= 15 is 0 Å². The van der Waals surface area contributed by atoms with Crippen LogP contribution in [0.4, 0.5) is 4.79 Å². The second-order valence-corrected chi connectivity index (χ2v) is 5.97. The normalized spacial score (nSPS) is 14.5. The maximum Gasteiger partial charge on any atom is 0.326 e. The van der Waals surface area contributed by atoms with E-state index in [4.69, 9.17) is 26.3 Å². The molecular formula is C19H14ClN3O4. The van der Waals surface area contributed by atoms with E-state index in [0.29, 0.717) is 22.6 Å². The Morgan fingerprint density at radius 3 is 2.67 bits per heavy atom. The fourth-order valence-corrected chi connectivity index (χ4v) is 2.79. The molecule has 0 radical (unpaired) electrons. The monoisotopic (exact) mass is 383 g/mol. The van der Waals surface area contributed by atoms with Crippen molar-refractivity contribution < 1.29 is 19.1 Å². The van der Waals surface area contributed by atoms with Crippen molar-refractivity contribution in [3.05, 3.63) is 63.8 Å². The Morgan fingerprint density at radius 1 is 1.22 bits per heavy atom. The van der Waals surface area contributed by atoms with Gasteiger partial charge < -0.3 is 14.8 Å². The van der Waals surface area contributed by atoms with Crippen molar-refractivity contribution in [1.29, 1.82) is 5.26 Å². The molecule has 7 nitrogen and oxygen atoms in total. The molecule has 1 aliphatic heterocycles. The SMILES string of the molecule is COc1cc(/C=C2/NC(=O)NC2=O)cc(Cl)c1OCc1ccccc1C#N. The summed E-state index contributed by atoms with van der Waals surface area (Å²) < 4.78 is 11.1. The van der Waals surface area contributed by atoms with Crippen LogP contribution < -0.4 is 20.1 Å². The van der Waals surface area contributed by atoms with Crippen LogP contribution in [-0.2, 0) is 11.4 Å². The Labute approximate surface area is 160 Å². The first-order valence-corrected chi connectivity index (χ1v) is 8.22. The summed E-state index contributed by atoms with van der Waals surface area (Å²) in [7, 11) is 1.46. The van der Waals surface area contributed by atoms with Gasteiger partial charge in [0.2, 0.25) is 0 Å². The zero-order chi connectivity index (χ0) is 19.4. The second-order valence-electron chi connectivity index (χ2n) is 5.56. The van der Waals surface area contributed by atoms with Gasteiger partial charge in [-0.05, 0) is 29.8 Å². The zero-order valence-corrected chi connectivity index (χ0v) is 15.0. The van der Waals surface area contributed by atoms with Gasteiger partial charge in [-0.3, -0.25) is 10.1 Å². The summed E-state index contributed by atoms with van der Waals surface area (Å²) >= 11 is 6.32. The van der Waals surface area contributed by atoms with Crippen molar-refractivity contribution in [2.24, 2.45) is 0 Å². The van der Waals surface area contributed by atoms with Gasteiger partial charge in [-0.2, -0.15) is 5.26 Å². The van der Waals surface area contributed by atoms with Crippen molar-refractivity contribution >= 4 is 29.6 Å². The van der Waals surface area contributed by atoms with Gasteiger partial charge in [-0.15, -0.1) is 0 Å². The predicted octanol–water partition coefficient (Wildman–Crippen LogP) is 2.98. The fraction of sp³-hybridized carbons (Fsp3) is 0.105. The highest BCUT2D eigenvalue weighted by Gasteiger charge is 2.23. The Bertz CT molecular complexity index is 995. The summed E-state index contributed by atoms with van der Waals surface area (Å²) in [5.74, 6) is 0.144. The number of carbonyl (C=O) groups is 2. The highest BCUT2D eigenvalue weighted by Crippen LogP contribution is 2.37. The first-order valence-electron chi connectivity index (χ1n) is 7.84. The lowest BCUT2D eigenvalue weighted by Crippen LogP contribution is -2.22. The average molecular weight is 384 g/mol. The smallest absolute Gasteiger partial charge is 0.326 e. The molecular weight excluding hydrogens is 370 g/mol. The number of methoxy groups -OCH3 is 1. The number of hydrogen-bond donors (Lipinski definition) is 2. The molecule has 3 rings (SSSR count). The van der Waals surface area contributed by atoms with Gasteiger partial charge in [-0.1, -0.05) is 29.8 Å². The first-order chi connectivity index (χ1) is 13.0. The van der Waals surface area contributed by atoms with E-state index in [2.05, 4.69) is 16.7 Å². The molecule has 0 unspecified atom stereocenters. The molecule has 27 heavy (non-hydrogen) atoms. The highest BCUT2D eigenvalue weighted by atomic mass is 35.5. The maximum atomic E-state index is 11.6. The maximum absolute atomic E-state index is 11.6. The largest absolute Gasteiger partial charge is 0.493 e. The third kappa shape index (κ3) is 4.02. The Kier molecular flexibility index (Phi) is 5.29. The molecule has 0 saturated carbocycles. The van der Waals surface area contributed by atoms with E-state index in [0.717, 1.165) is 5.56 Å². The molecule has 0 aromatic heterocycles. The van der Waals surface area contributed by atoms with Crippen LogP contribution in [0.2, 0.25) is 5.02 Å². The number of benzene rings is 2. The van der Waals surface area contributed by atoms with Crippen LogP contribution in [0, 0.1) is 11.3 Å². The summed E-state index contributed by atoms with van der Waals surface area (Å²) in [6, 6.07) is 11.8. The lowest BCUT2D eigenvalue weighted by Gasteiger charge is -2.14. The quantitative estimate of drug-likeness (QED) is 0.610. The molecule has 136 valence electrons. The van der Waals surface area contributed by atoms with Crippen LogP contribution in [0.3, 0.4) is 0 Å². The van der Waals surface area contributed by atoms with E-state index < -0.39 is 11.9 Å². The van der Waals surface area contributed by atoms with Crippen LogP contribution >= 0.6 is 11.6 Å². The molecule has 1 fully saturated rings. The molecule has 0 spiro atoms. The van der Waals surface area contributed by atoms with Crippen LogP contribution in [0.15, 0.2) is 42.1 Å². The molecule has 0 atom stereocenters. The van der Waals surface area contributed by atoms with Crippen LogP contribution in [0.5, 0.6) is 11.5 Å². The van der Waals surface area contributed by atoms with E-state index in [1.165, 1.54) is 13.2 Å². The van der Waals surface area contributed by atoms with Crippen LogP contribution in [0.25, 0.3) is 6.08 Å². The predicted molar refractivity (Wildman–Crippen MR) is 98.1 cm³/mol. The number of nitrogens with one attached hydrogen (secondary N) is 2. The summed E-state index contributed by atoms with van der Waals surface area (Å²) in [4.78, 5) is 22.8. The zero-order valence-electron chi connectivity index (χ0n) is 14.2. The molecule has 2 N–H and O–H groups in total. The van der Waals surface area contributed by atoms with E-state index in [-0.39, 0.29) is 17.3 Å². The minimum absolute atomic E-state index is 0.106.